The van der Waals surface area contributed by atoms with Gasteiger partial charge in [-0.3, -0.25) is 14.2 Å². The van der Waals surface area contributed by atoms with Gasteiger partial charge in [-0.15, -0.1) is 0 Å². The number of hydrogen-bond acceptors (Lipinski definition) is 3. The normalized spacial score (nSPS) is 11.0. The fourth-order valence-electron chi connectivity index (χ4n) is 3.31. The molecule has 0 unspecified atom stereocenters. The van der Waals surface area contributed by atoms with Gasteiger partial charge in [0, 0.05) is 38.2 Å². The van der Waals surface area contributed by atoms with Crippen LogP contribution in [0.2, 0.25) is 0 Å². The van der Waals surface area contributed by atoms with E-state index in [-0.39, 0.29) is 23.6 Å². The molecule has 158 valence electrons. The molecule has 0 atom stereocenters. The summed E-state index contributed by atoms with van der Waals surface area (Å²) < 4.78 is 28.6. The lowest BCUT2D eigenvalue weighted by atomic mass is 10.1. The lowest BCUT2D eigenvalue weighted by Crippen LogP contribution is -2.26. The molecule has 1 heterocycles. The second-order valence-electron chi connectivity index (χ2n) is 7.23. The zero-order valence-electron chi connectivity index (χ0n) is 16.7. The van der Waals surface area contributed by atoms with Crippen molar-refractivity contribution in [3.8, 4) is 0 Å². The number of fused-ring (bicyclic) bond motifs is 1. The highest BCUT2D eigenvalue weighted by Crippen LogP contribution is 2.13. The average molecular weight is 432 g/mol. The van der Waals surface area contributed by atoms with Gasteiger partial charge in [0.1, 0.15) is 11.6 Å². The first-order valence-electron chi connectivity index (χ1n) is 9.76. The molecule has 3 rings (SSSR count). The first-order valence-corrected chi connectivity index (χ1v) is 10.2. The van der Waals surface area contributed by atoms with E-state index in [1.54, 1.807) is 17.7 Å². The number of nitrogens with zero attached hydrogens (tertiary/aromatic N) is 2. The molecule has 8 heteroatoms. The van der Waals surface area contributed by atoms with Gasteiger partial charge in [0.15, 0.2) is 4.77 Å². The van der Waals surface area contributed by atoms with Gasteiger partial charge < -0.3 is 9.88 Å². The Balaban J connectivity index is 1.48. The van der Waals surface area contributed by atoms with Crippen molar-refractivity contribution in [2.75, 3.05) is 7.05 Å². The summed E-state index contributed by atoms with van der Waals surface area (Å²) in [6, 6.07) is 10.6. The summed E-state index contributed by atoms with van der Waals surface area (Å²) in [6.07, 6.45) is 2.42. The largest absolute Gasteiger partial charge is 0.341 e. The van der Waals surface area contributed by atoms with Crippen molar-refractivity contribution in [3.63, 3.8) is 0 Å². The van der Waals surface area contributed by atoms with Gasteiger partial charge in [-0.05, 0) is 43.3 Å². The Morgan fingerprint density at radius 1 is 1.13 bits per heavy atom. The molecule has 0 radical (unpaired) electrons. The fourth-order valence-corrected chi connectivity index (χ4v) is 3.59. The minimum atomic E-state index is -0.660. The topological polar surface area (TPSA) is 58.1 Å². The number of hydrogen-bond donors (Lipinski definition) is 1. The standard InChI is InChI=1S/C22H23F2N3O2S/c1-26(14-15-10-11-16(23)13-18(15)24)20(28)9-3-2-6-12-27-21(29)17-7-4-5-8-19(17)25-22(27)30/h4-5,7-8,10-11,13H,2-3,6,9,12,14H2,1H3,(H,25,30). The Hall–Kier alpha value is -2.87. The lowest BCUT2D eigenvalue weighted by molar-refractivity contribution is -0.130. The first-order chi connectivity index (χ1) is 14.4. The van der Waals surface area contributed by atoms with Crippen molar-refractivity contribution in [1.29, 1.82) is 0 Å². The number of aromatic nitrogens is 2. The molecule has 30 heavy (non-hydrogen) atoms. The smallest absolute Gasteiger partial charge is 0.262 e. The minimum Gasteiger partial charge on any atom is -0.341 e. The van der Waals surface area contributed by atoms with Crippen LogP contribution in [-0.4, -0.2) is 27.4 Å². The molecule has 5 nitrogen and oxygen atoms in total. The highest BCUT2D eigenvalue weighted by molar-refractivity contribution is 7.71. The minimum absolute atomic E-state index is 0.0899. The number of H-pyrrole nitrogens is 1. The van der Waals surface area contributed by atoms with Crippen molar-refractivity contribution in [2.45, 2.75) is 38.8 Å². The Labute approximate surface area is 178 Å². The van der Waals surface area contributed by atoms with Gasteiger partial charge >= 0.3 is 0 Å². The number of para-hydroxylation sites is 1. The molecule has 1 N–H and O–H groups in total. The molecule has 2 aromatic carbocycles. The number of halogens is 2. The van der Waals surface area contributed by atoms with E-state index in [0.29, 0.717) is 36.0 Å². The molecular weight excluding hydrogens is 408 g/mol. The van der Waals surface area contributed by atoms with Crippen molar-refractivity contribution >= 4 is 29.0 Å². The number of carbonyl (C=O) groups is 1. The molecule has 1 aromatic heterocycles. The maximum absolute atomic E-state index is 13.7. The summed E-state index contributed by atoms with van der Waals surface area (Å²) in [5.41, 5.74) is 0.874. The van der Waals surface area contributed by atoms with Crippen LogP contribution in [-0.2, 0) is 17.9 Å². The van der Waals surface area contributed by atoms with Crippen LogP contribution >= 0.6 is 12.2 Å². The van der Waals surface area contributed by atoms with E-state index < -0.39 is 11.6 Å². The van der Waals surface area contributed by atoms with Crippen LogP contribution in [0.5, 0.6) is 0 Å². The van der Waals surface area contributed by atoms with Crippen molar-refractivity contribution < 1.29 is 13.6 Å². The molecule has 0 aliphatic heterocycles. The fraction of sp³-hybridized carbons (Fsp3) is 0.318. The van der Waals surface area contributed by atoms with Crippen molar-refractivity contribution in [3.05, 3.63) is 74.8 Å². The molecule has 0 bridgehead atoms. The predicted molar refractivity (Wildman–Crippen MR) is 115 cm³/mol. The Morgan fingerprint density at radius 3 is 2.67 bits per heavy atom. The summed E-state index contributed by atoms with van der Waals surface area (Å²) in [6.45, 7) is 0.566. The number of rotatable bonds is 8. The van der Waals surface area contributed by atoms with Crippen LogP contribution in [0, 0.1) is 16.4 Å². The maximum atomic E-state index is 13.7. The molecule has 0 aliphatic carbocycles. The average Bonchev–Trinajstić information content (AvgIpc) is 2.71. The first kappa shape index (κ1) is 21.8. The van der Waals surface area contributed by atoms with E-state index in [1.807, 2.05) is 18.2 Å². The van der Waals surface area contributed by atoms with Gasteiger partial charge in [0.05, 0.1) is 10.9 Å². The molecule has 0 aliphatic rings. The maximum Gasteiger partial charge on any atom is 0.262 e. The highest BCUT2D eigenvalue weighted by Gasteiger charge is 2.12. The summed E-state index contributed by atoms with van der Waals surface area (Å²) in [5.74, 6) is -1.42. The van der Waals surface area contributed by atoms with Crippen LogP contribution < -0.4 is 5.56 Å². The van der Waals surface area contributed by atoms with Crippen molar-refractivity contribution in [1.82, 2.24) is 14.5 Å². The number of nitrogens with one attached hydrogen (secondary N) is 1. The van der Waals surface area contributed by atoms with Crippen LogP contribution in [0.15, 0.2) is 47.3 Å². The van der Waals surface area contributed by atoms with Gasteiger partial charge in [0.2, 0.25) is 5.91 Å². The molecule has 3 aromatic rings. The van der Waals surface area contributed by atoms with E-state index in [4.69, 9.17) is 12.2 Å². The summed E-state index contributed by atoms with van der Waals surface area (Å²) in [5, 5.41) is 0.593. The Bertz CT molecular complexity index is 1170. The van der Waals surface area contributed by atoms with Crippen LogP contribution in [0.4, 0.5) is 8.78 Å². The second-order valence-corrected chi connectivity index (χ2v) is 7.62. The number of unbranched alkanes of at least 4 members (excludes halogenated alkanes) is 2. The third-order valence-electron chi connectivity index (χ3n) is 5.01. The van der Waals surface area contributed by atoms with Gasteiger partial charge in [-0.2, -0.15) is 0 Å². The number of benzene rings is 2. The molecule has 0 saturated heterocycles. The van der Waals surface area contributed by atoms with Crippen molar-refractivity contribution in [2.24, 2.45) is 0 Å². The third kappa shape index (κ3) is 5.18. The summed E-state index contributed by atoms with van der Waals surface area (Å²) in [7, 11) is 1.60. The second kappa shape index (κ2) is 9.75. The van der Waals surface area contributed by atoms with Crippen LogP contribution in [0.25, 0.3) is 10.9 Å². The number of amides is 1. The molecule has 1 amide bonds. The third-order valence-corrected chi connectivity index (χ3v) is 5.33. The quantitative estimate of drug-likeness (QED) is 0.420. The zero-order valence-corrected chi connectivity index (χ0v) is 17.5. The lowest BCUT2D eigenvalue weighted by Gasteiger charge is -2.17. The predicted octanol–water partition coefficient (Wildman–Crippen LogP) is 4.56. The summed E-state index contributed by atoms with van der Waals surface area (Å²) in [4.78, 5) is 29.4. The zero-order chi connectivity index (χ0) is 21.7. The Morgan fingerprint density at radius 2 is 1.90 bits per heavy atom. The SMILES string of the molecule is CN(Cc1ccc(F)cc1F)C(=O)CCCCCn1c(=S)[nH]c2ccccc2c1=O. The number of aromatic amines is 1. The van der Waals surface area contributed by atoms with Gasteiger partial charge in [0.25, 0.3) is 5.56 Å². The van der Waals surface area contributed by atoms with E-state index >= 15 is 0 Å². The highest BCUT2D eigenvalue weighted by atomic mass is 32.1. The molecule has 0 saturated carbocycles. The van der Waals surface area contributed by atoms with Gasteiger partial charge in [-0.1, -0.05) is 24.6 Å². The van der Waals surface area contributed by atoms with Gasteiger partial charge in [-0.25, -0.2) is 8.78 Å². The van der Waals surface area contributed by atoms with E-state index in [2.05, 4.69) is 4.98 Å². The molecule has 0 fully saturated rings. The van der Waals surface area contributed by atoms with Crippen LogP contribution in [0.3, 0.4) is 0 Å². The van der Waals surface area contributed by atoms with Crippen LogP contribution in [0.1, 0.15) is 31.2 Å². The van der Waals surface area contributed by atoms with E-state index in [9.17, 15) is 18.4 Å². The van der Waals surface area contributed by atoms with E-state index in [1.165, 1.54) is 17.0 Å². The van der Waals surface area contributed by atoms with E-state index in [0.717, 1.165) is 18.0 Å². The Kier molecular flexibility index (Phi) is 7.10. The molecule has 0 spiro atoms. The molecular formula is C22H23F2N3O2S. The summed E-state index contributed by atoms with van der Waals surface area (Å²) >= 11 is 5.29. The number of carbonyl (C=O) groups excluding carboxylic acids is 1. The monoisotopic (exact) mass is 431 g/mol.